The number of hydrogen-bond donors (Lipinski definition) is 5. The number of nitrogens with two attached hydrogens (primary N) is 1. The van der Waals surface area contributed by atoms with Gasteiger partial charge in [0.2, 0.25) is 11.5 Å². The summed E-state index contributed by atoms with van der Waals surface area (Å²) in [4.78, 5) is 28.2. The molecular weight excluding hydrogens is 543 g/mol. The zero-order valence-electron chi connectivity index (χ0n) is 22.0. The molecule has 0 fully saturated rings. The Bertz CT molecular complexity index is 1550. The Kier molecular flexibility index (Phi) is 7.62. The monoisotopic (exact) mass is 570 g/mol. The van der Waals surface area contributed by atoms with Gasteiger partial charge in [0.05, 0.1) is 13.7 Å². The molecule has 41 heavy (non-hydrogen) atoms. The van der Waals surface area contributed by atoms with Crippen molar-refractivity contribution in [3.05, 3.63) is 63.6 Å². The molecule has 0 bridgehead atoms. The Morgan fingerprint density at radius 1 is 1.32 bits per heavy atom. The number of benzene rings is 2. The van der Waals surface area contributed by atoms with E-state index in [9.17, 15) is 9.59 Å². The second-order valence-corrected chi connectivity index (χ2v) is 8.87. The first-order chi connectivity index (χ1) is 19.9. The number of halogens is 1. The van der Waals surface area contributed by atoms with Gasteiger partial charge in [0, 0.05) is 23.0 Å². The number of aromatic nitrogens is 3. The fourth-order valence-electron chi connectivity index (χ4n) is 4.45. The van der Waals surface area contributed by atoms with E-state index in [1.165, 1.54) is 19.4 Å². The molecule has 0 radical (unpaired) electrons. The highest BCUT2D eigenvalue weighted by molar-refractivity contribution is 5.97. The molecule has 5 rings (SSSR count). The van der Waals surface area contributed by atoms with Crippen molar-refractivity contribution in [2.75, 3.05) is 32.2 Å². The van der Waals surface area contributed by atoms with Crippen LogP contribution in [0.1, 0.15) is 36.1 Å². The summed E-state index contributed by atoms with van der Waals surface area (Å²) in [6.45, 7) is 2.14. The van der Waals surface area contributed by atoms with Crippen LogP contribution in [-0.2, 0) is 9.53 Å². The molecule has 2 aliphatic rings. The van der Waals surface area contributed by atoms with Crippen molar-refractivity contribution in [3.63, 3.8) is 0 Å². The van der Waals surface area contributed by atoms with E-state index in [0.29, 0.717) is 11.3 Å². The largest absolute Gasteiger partial charge is 0.493 e. The molecule has 0 saturated heterocycles. The van der Waals surface area contributed by atoms with Crippen LogP contribution in [0.25, 0.3) is 0 Å². The number of aromatic amines is 1. The molecule has 15 nitrogen and oxygen atoms in total. The Morgan fingerprint density at radius 2 is 2.05 bits per heavy atom. The van der Waals surface area contributed by atoms with Gasteiger partial charge in [0.25, 0.3) is 0 Å². The Labute approximate surface area is 231 Å². The fourth-order valence-corrected chi connectivity index (χ4v) is 4.45. The number of fused-ring (bicyclic) bond motifs is 1. The number of rotatable bonds is 9. The second-order valence-electron chi connectivity index (χ2n) is 8.87. The highest BCUT2D eigenvalue weighted by atomic mass is 19.1. The van der Waals surface area contributed by atoms with Gasteiger partial charge in [-0.3, -0.25) is 15.2 Å². The standard InChI is InChI=1S/C25H27FN8O7/c1-3-39-24(35)15-11-28-31-23(15)34-25(36)30-22(32-34)18(29-13-6-4-12(5-7-13)21(27)33-37)14-10-16(38-2)19-20(17(14)26)41-9-8-40-19/h4-7,10-11,15,18,23,29,31,37H,3,8-9H2,1-2H3,(H2,27,33)(H,30,32,36). The minimum absolute atomic E-state index is 0.00412. The molecule has 16 heteroatoms. The van der Waals surface area contributed by atoms with E-state index in [0.717, 1.165) is 4.68 Å². The molecule has 6 N–H and O–H groups in total. The van der Waals surface area contributed by atoms with E-state index in [-0.39, 0.29) is 54.3 Å². The van der Waals surface area contributed by atoms with Crippen molar-refractivity contribution in [3.8, 4) is 17.2 Å². The average Bonchev–Trinajstić information content (AvgIpc) is 3.63. The minimum Gasteiger partial charge on any atom is -0.493 e. The zero-order chi connectivity index (χ0) is 29.1. The third-order valence-corrected chi connectivity index (χ3v) is 6.41. The van der Waals surface area contributed by atoms with E-state index >= 15 is 4.39 Å². The Hall–Kier alpha value is -5.28. The lowest BCUT2D eigenvalue weighted by Gasteiger charge is -2.25. The lowest BCUT2D eigenvalue weighted by Crippen LogP contribution is -2.37. The zero-order valence-corrected chi connectivity index (χ0v) is 22.0. The number of nitrogens with one attached hydrogen (secondary N) is 3. The Morgan fingerprint density at radius 3 is 2.73 bits per heavy atom. The molecule has 0 aliphatic carbocycles. The molecule has 0 spiro atoms. The third kappa shape index (κ3) is 5.18. The highest BCUT2D eigenvalue weighted by Gasteiger charge is 2.37. The van der Waals surface area contributed by atoms with Crippen molar-refractivity contribution < 1.29 is 33.3 Å². The number of H-pyrrole nitrogens is 1. The van der Waals surface area contributed by atoms with Crippen LogP contribution >= 0.6 is 0 Å². The molecule has 0 saturated carbocycles. The molecule has 1 aromatic heterocycles. The first-order valence-electron chi connectivity index (χ1n) is 12.5. The number of amidine groups is 1. The van der Waals surface area contributed by atoms with Gasteiger partial charge >= 0.3 is 11.7 Å². The average molecular weight is 571 g/mol. The SMILES string of the molecule is CCOC(=O)C1C=NNC1n1nc(C(Nc2ccc(/C(N)=N/O)cc2)c2cc(OC)c3c(c2F)OCCO3)[nH]c1=O. The maximum absolute atomic E-state index is 16.0. The third-order valence-electron chi connectivity index (χ3n) is 6.41. The molecule has 216 valence electrons. The normalized spacial score (nSPS) is 18.5. The van der Waals surface area contributed by atoms with Crippen LogP contribution in [0.2, 0.25) is 0 Å². The van der Waals surface area contributed by atoms with Crippen molar-refractivity contribution in [1.82, 2.24) is 20.2 Å². The van der Waals surface area contributed by atoms with Gasteiger partial charge in [-0.25, -0.2) is 9.18 Å². The van der Waals surface area contributed by atoms with Crippen molar-refractivity contribution in [1.29, 1.82) is 0 Å². The summed E-state index contributed by atoms with van der Waals surface area (Å²) < 4.78 is 38.7. The topological polar surface area (TPSA) is 200 Å². The van der Waals surface area contributed by atoms with Gasteiger partial charge in [0.15, 0.2) is 29.4 Å². The van der Waals surface area contributed by atoms with E-state index in [4.69, 9.17) is 29.9 Å². The first-order valence-corrected chi connectivity index (χ1v) is 12.5. The quantitative estimate of drug-likeness (QED) is 0.0810. The Balaban J connectivity index is 1.59. The van der Waals surface area contributed by atoms with Crippen molar-refractivity contribution in [2.24, 2.45) is 21.9 Å². The minimum atomic E-state index is -1.10. The van der Waals surface area contributed by atoms with Gasteiger partial charge in [-0.2, -0.15) is 14.9 Å². The molecule has 3 aromatic rings. The first kappa shape index (κ1) is 27.3. The predicted molar refractivity (Wildman–Crippen MR) is 142 cm³/mol. The molecule has 3 heterocycles. The smallest absolute Gasteiger partial charge is 0.345 e. The summed E-state index contributed by atoms with van der Waals surface area (Å²) in [7, 11) is 1.40. The van der Waals surface area contributed by atoms with Crippen LogP contribution in [-0.4, -0.2) is 64.9 Å². The van der Waals surface area contributed by atoms with Gasteiger partial charge < -0.3 is 35.2 Å². The van der Waals surface area contributed by atoms with Gasteiger partial charge in [-0.05, 0) is 37.3 Å². The molecular formula is C25H27FN8O7. The van der Waals surface area contributed by atoms with Crippen LogP contribution in [0.5, 0.6) is 17.2 Å². The summed E-state index contributed by atoms with van der Waals surface area (Å²) in [6, 6.07) is 6.71. The van der Waals surface area contributed by atoms with E-state index in [2.05, 4.69) is 31.1 Å². The molecule has 0 amide bonds. The van der Waals surface area contributed by atoms with E-state index < -0.39 is 35.6 Å². The lowest BCUT2D eigenvalue weighted by molar-refractivity contribution is -0.146. The summed E-state index contributed by atoms with van der Waals surface area (Å²) in [5, 5.41) is 23.4. The molecule has 2 aromatic carbocycles. The maximum Gasteiger partial charge on any atom is 0.345 e. The van der Waals surface area contributed by atoms with Crippen LogP contribution in [0.4, 0.5) is 10.1 Å². The lowest BCUT2D eigenvalue weighted by atomic mass is 10.0. The van der Waals surface area contributed by atoms with Crippen LogP contribution in [0, 0.1) is 11.7 Å². The summed E-state index contributed by atoms with van der Waals surface area (Å²) in [5.74, 6) is -2.18. The number of methoxy groups -OCH3 is 1. The molecule has 3 atom stereocenters. The van der Waals surface area contributed by atoms with E-state index in [1.54, 1.807) is 31.2 Å². The summed E-state index contributed by atoms with van der Waals surface area (Å²) >= 11 is 0. The maximum atomic E-state index is 16.0. The number of oxime groups is 1. The second kappa shape index (κ2) is 11.4. The van der Waals surface area contributed by atoms with Crippen LogP contribution < -0.4 is 36.4 Å². The number of hydrogen-bond acceptors (Lipinski definition) is 12. The van der Waals surface area contributed by atoms with Gasteiger partial charge in [0.1, 0.15) is 25.2 Å². The number of ether oxygens (including phenoxy) is 4. The molecule has 3 unspecified atom stereocenters. The number of hydrazone groups is 1. The predicted octanol–water partition coefficient (Wildman–Crippen LogP) is 1.05. The number of carbonyl (C=O) groups is 1. The molecule has 2 aliphatic heterocycles. The van der Waals surface area contributed by atoms with Gasteiger partial charge in [-0.15, -0.1) is 0 Å². The number of nitrogens with zero attached hydrogens (tertiary/aromatic N) is 4. The van der Waals surface area contributed by atoms with Crippen LogP contribution in [0.3, 0.4) is 0 Å². The fraction of sp³-hybridized carbons (Fsp3) is 0.320. The van der Waals surface area contributed by atoms with E-state index in [1.807, 2.05) is 0 Å². The summed E-state index contributed by atoms with van der Waals surface area (Å²) in [5.41, 5.74) is 8.60. The van der Waals surface area contributed by atoms with Crippen LogP contribution in [0.15, 0.2) is 45.4 Å². The number of anilines is 1. The van der Waals surface area contributed by atoms with Gasteiger partial charge in [-0.1, -0.05) is 5.16 Å². The summed E-state index contributed by atoms with van der Waals surface area (Å²) in [6.07, 6.45) is 0.347. The number of esters is 1. The van der Waals surface area contributed by atoms with Crippen molar-refractivity contribution in [2.45, 2.75) is 19.1 Å². The van der Waals surface area contributed by atoms with Crippen molar-refractivity contribution >= 4 is 23.7 Å². The highest BCUT2D eigenvalue weighted by Crippen LogP contribution is 2.45. The number of carbonyl (C=O) groups excluding carboxylic acids is 1.